The fourth-order valence-electron chi connectivity index (χ4n) is 1.52. The Morgan fingerprint density at radius 3 is 2.59 bits per heavy atom. The number of nitro groups is 1. The first-order valence-electron chi connectivity index (χ1n) is 5.08. The minimum atomic E-state index is -0.387. The summed E-state index contributed by atoms with van der Waals surface area (Å²) < 4.78 is 1.59. The molecule has 0 spiro atoms. The summed E-state index contributed by atoms with van der Waals surface area (Å²) in [5.41, 5.74) is 1.34. The summed E-state index contributed by atoms with van der Waals surface area (Å²) in [6, 6.07) is 10.5. The van der Waals surface area contributed by atoms with Gasteiger partial charge in [0.25, 0.3) is 5.70 Å². The first-order valence-corrected chi connectivity index (χ1v) is 5.08. The maximum Gasteiger partial charge on any atom is 0.278 e. The lowest BCUT2D eigenvalue weighted by Crippen LogP contribution is -2.00. The molecule has 1 heterocycles. The fraction of sp³-hybridized carbons (Fsp3) is 0.0833. The van der Waals surface area contributed by atoms with E-state index in [0.717, 1.165) is 0 Å². The van der Waals surface area contributed by atoms with Crippen molar-refractivity contribution in [3.05, 3.63) is 64.0 Å². The summed E-state index contributed by atoms with van der Waals surface area (Å²) in [6.07, 6.45) is 3.12. The first kappa shape index (κ1) is 11.1. The van der Waals surface area contributed by atoms with Crippen LogP contribution in [0.25, 0.3) is 11.8 Å². The van der Waals surface area contributed by atoms with E-state index < -0.39 is 0 Å². The Kier molecular flexibility index (Phi) is 3.00. The molecule has 17 heavy (non-hydrogen) atoms. The van der Waals surface area contributed by atoms with E-state index in [0.29, 0.717) is 11.3 Å². The Balaban J connectivity index is 2.47. The van der Waals surface area contributed by atoms with Gasteiger partial charge in [0.05, 0.1) is 16.2 Å². The van der Waals surface area contributed by atoms with Crippen molar-refractivity contribution < 1.29 is 4.92 Å². The van der Waals surface area contributed by atoms with Crippen LogP contribution in [0.5, 0.6) is 0 Å². The van der Waals surface area contributed by atoms with E-state index in [1.807, 2.05) is 6.07 Å². The minimum absolute atomic E-state index is 0.0641. The van der Waals surface area contributed by atoms with Crippen molar-refractivity contribution in [2.45, 2.75) is 0 Å². The molecule has 1 aromatic carbocycles. The normalized spacial score (nSPS) is 11.5. The third-order valence-electron chi connectivity index (χ3n) is 2.41. The number of hydrogen-bond acceptors (Lipinski definition) is 3. The molecule has 0 unspecified atom stereocenters. The van der Waals surface area contributed by atoms with Gasteiger partial charge in [-0.25, -0.2) is 0 Å². The molecule has 0 radical (unpaired) electrons. The molecule has 5 heteroatoms. The highest BCUT2D eigenvalue weighted by Crippen LogP contribution is 2.18. The lowest BCUT2D eigenvalue weighted by Gasteiger charge is -1.99. The SMILES string of the molecule is Cn1nccc1/C=C(\c1ccccc1)[N+](=O)[O-]. The van der Waals surface area contributed by atoms with E-state index >= 15 is 0 Å². The lowest BCUT2D eigenvalue weighted by atomic mass is 10.1. The van der Waals surface area contributed by atoms with Crippen LogP contribution in [0.4, 0.5) is 0 Å². The summed E-state index contributed by atoms with van der Waals surface area (Å²) in [5, 5.41) is 15.0. The quantitative estimate of drug-likeness (QED) is 0.598. The van der Waals surface area contributed by atoms with Crippen LogP contribution >= 0.6 is 0 Å². The summed E-state index contributed by atoms with van der Waals surface area (Å²) in [7, 11) is 1.74. The van der Waals surface area contributed by atoms with Gasteiger partial charge in [0, 0.05) is 19.3 Å². The average molecular weight is 229 g/mol. The number of hydrogen-bond donors (Lipinski definition) is 0. The van der Waals surface area contributed by atoms with Gasteiger partial charge >= 0.3 is 0 Å². The second-order valence-corrected chi connectivity index (χ2v) is 3.53. The number of rotatable bonds is 3. The van der Waals surface area contributed by atoms with Gasteiger partial charge < -0.3 is 0 Å². The average Bonchev–Trinajstić information content (AvgIpc) is 2.72. The van der Waals surface area contributed by atoms with Gasteiger partial charge in [-0.3, -0.25) is 14.8 Å². The summed E-state index contributed by atoms with van der Waals surface area (Å²) in [4.78, 5) is 10.7. The molecule has 0 bridgehead atoms. The molecule has 1 aromatic heterocycles. The molecule has 0 fully saturated rings. The molecule has 0 N–H and O–H groups in total. The predicted molar refractivity (Wildman–Crippen MR) is 64.5 cm³/mol. The Bertz CT molecular complexity index is 558. The zero-order chi connectivity index (χ0) is 12.3. The maximum atomic E-state index is 11.0. The molecule has 0 aliphatic heterocycles. The first-order chi connectivity index (χ1) is 8.18. The van der Waals surface area contributed by atoms with Crippen molar-refractivity contribution in [1.82, 2.24) is 9.78 Å². The van der Waals surface area contributed by atoms with Crippen molar-refractivity contribution in [3.63, 3.8) is 0 Å². The van der Waals surface area contributed by atoms with Crippen LogP contribution in [0.3, 0.4) is 0 Å². The molecule has 5 nitrogen and oxygen atoms in total. The molecule has 2 aromatic rings. The van der Waals surface area contributed by atoms with Crippen molar-refractivity contribution in [2.24, 2.45) is 7.05 Å². The van der Waals surface area contributed by atoms with E-state index in [-0.39, 0.29) is 10.6 Å². The highest BCUT2D eigenvalue weighted by atomic mass is 16.6. The molecule has 0 aliphatic rings. The van der Waals surface area contributed by atoms with Crippen LogP contribution in [0.1, 0.15) is 11.3 Å². The van der Waals surface area contributed by atoms with E-state index in [4.69, 9.17) is 0 Å². The van der Waals surface area contributed by atoms with Crippen LogP contribution < -0.4 is 0 Å². The second kappa shape index (κ2) is 4.61. The van der Waals surface area contributed by atoms with Crippen molar-refractivity contribution in [2.75, 3.05) is 0 Å². The van der Waals surface area contributed by atoms with Gasteiger partial charge in [0.15, 0.2) is 0 Å². The molecule has 0 amide bonds. The summed E-state index contributed by atoms with van der Waals surface area (Å²) in [5.74, 6) is 0. The van der Waals surface area contributed by atoms with Crippen LogP contribution in [-0.2, 0) is 7.05 Å². The smallest absolute Gasteiger partial charge is 0.268 e. The molecule has 0 aliphatic carbocycles. The summed E-state index contributed by atoms with van der Waals surface area (Å²) >= 11 is 0. The van der Waals surface area contributed by atoms with Gasteiger partial charge in [-0.2, -0.15) is 5.10 Å². The number of benzene rings is 1. The van der Waals surface area contributed by atoms with Crippen LogP contribution in [-0.4, -0.2) is 14.7 Å². The van der Waals surface area contributed by atoms with Crippen molar-refractivity contribution in [3.8, 4) is 0 Å². The third kappa shape index (κ3) is 2.39. The number of aryl methyl sites for hydroxylation is 1. The van der Waals surface area contributed by atoms with Crippen molar-refractivity contribution >= 4 is 11.8 Å². The topological polar surface area (TPSA) is 61.0 Å². The van der Waals surface area contributed by atoms with Crippen molar-refractivity contribution in [1.29, 1.82) is 0 Å². The lowest BCUT2D eigenvalue weighted by molar-refractivity contribution is -0.374. The summed E-state index contributed by atoms with van der Waals surface area (Å²) in [6.45, 7) is 0. The standard InChI is InChI=1S/C12H11N3O2/c1-14-11(7-8-13-14)9-12(15(16)17)10-5-3-2-4-6-10/h2-9H,1H3/b12-9+. The Morgan fingerprint density at radius 2 is 2.06 bits per heavy atom. The Morgan fingerprint density at radius 1 is 1.35 bits per heavy atom. The number of nitrogens with zero attached hydrogens (tertiary/aromatic N) is 3. The second-order valence-electron chi connectivity index (χ2n) is 3.53. The van der Waals surface area contributed by atoms with Crippen LogP contribution in [0.2, 0.25) is 0 Å². The zero-order valence-corrected chi connectivity index (χ0v) is 9.28. The Labute approximate surface area is 98.2 Å². The highest BCUT2D eigenvalue weighted by molar-refractivity contribution is 5.75. The van der Waals surface area contributed by atoms with E-state index in [1.54, 1.807) is 48.3 Å². The van der Waals surface area contributed by atoms with E-state index in [2.05, 4.69) is 5.10 Å². The van der Waals surface area contributed by atoms with Gasteiger partial charge in [0.1, 0.15) is 0 Å². The molecular weight excluding hydrogens is 218 g/mol. The molecular formula is C12H11N3O2. The monoisotopic (exact) mass is 229 g/mol. The molecule has 0 saturated carbocycles. The molecule has 0 atom stereocenters. The zero-order valence-electron chi connectivity index (χ0n) is 9.28. The van der Waals surface area contributed by atoms with Crippen LogP contribution in [0.15, 0.2) is 42.6 Å². The number of aromatic nitrogens is 2. The third-order valence-corrected chi connectivity index (χ3v) is 2.41. The maximum absolute atomic E-state index is 11.0. The molecule has 86 valence electrons. The van der Waals surface area contributed by atoms with Gasteiger partial charge in [-0.1, -0.05) is 18.2 Å². The van der Waals surface area contributed by atoms with Gasteiger partial charge in [-0.15, -0.1) is 0 Å². The van der Waals surface area contributed by atoms with E-state index in [9.17, 15) is 10.1 Å². The van der Waals surface area contributed by atoms with Gasteiger partial charge in [-0.05, 0) is 18.2 Å². The van der Waals surface area contributed by atoms with Gasteiger partial charge in [0.2, 0.25) is 0 Å². The largest absolute Gasteiger partial charge is 0.278 e. The van der Waals surface area contributed by atoms with E-state index in [1.165, 1.54) is 6.08 Å². The predicted octanol–water partition coefficient (Wildman–Crippen LogP) is 2.19. The minimum Gasteiger partial charge on any atom is -0.268 e. The fourth-order valence-corrected chi connectivity index (χ4v) is 1.52. The van der Waals surface area contributed by atoms with Crippen LogP contribution in [0, 0.1) is 10.1 Å². The molecule has 2 rings (SSSR count). The Hall–Kier alpha value is -2.43. The highest BCUT2D eigenvalue weighted by Gasteiger charge is 2.14. The molecule has 0 saturated heterocycles.